The van der Waals surface area contributed by atoms with Crippen molar-refractivity contribution in [2.45, 2.75) is 6.42 Å². The van der Waals surface area contributed by atoms with Gasteiger partial charge in [0.1, 0.15) is 0 Å². The monoisotopic (exact) mass is 310 g/mol. The summed E-state index contributed by atoms with van der Waals surface area (Å²) >= 11 is 4.90. The molecule has 0 atom stereocenters. The molecule has 3 heterocycles. The second kappa shape index (κ2) is 4.46. The van der Waals surface area contributed by atoms with E-state index in [1.807, 2.05) is 17.5 Å². The Morgan fingerprint density at radius 2 is 2.24 bits per heavy atom. The molecule has 0 aliphatic carbocycles. The van der Waals surface area contributed by atoms with Gasteiger partial charge in [-0.05, 0) is 39.5 Å². The SMILES string of the molecule is Brc1ccc(-c2noc(Cc3cccs3)n2)o1. The first-order chi connectivity index (χ1) is 8.31. The van der Waals surface area contributed by atoms with Crippen molar-refractivity contribution in [3.05, 3.63) is 45.1 Å². The second-order valence-corrected chi connectivity index (χ2v) is 5.19. The highest BCUT2D eigenvalue weighted by Gasteiger charge is 2.12. The third kappa shape index (κ3) is 2.32. The zero-order valence-corrected chi connectivity index (χ0v) is 11.0. The lowest BCUT2D eigenvalue weighted by molar-refractivity contribution is 0.384. The molecule has 0 aliphatic heterocycles. The van der Waals surface area contributed by atoms with Crippen molar-refractivity contribution in [2.75, 3.05) is 0 Å². The Morgan fingerprint density at radius 3 is 2.94 bits per heavy atom. The highest BCUT2D eigenvalue weighted by Crippen LogP contribution is 2.23. The smallest absolute Gasteiger partial charge is 0.238 e. The zero-order chi connectivity index (χ0) is 11.7. The van der Waals surface area contributed by atoms with Gasteiger partial charge in [0.15, 0.2) is 10.4 Å². The Labute approximate surface area is 109 Å². The van der Waals surface area contributed by atoms with E-state index in [4.69, 9.17) is 8.94 Å². The van der Waals surface area contributed by atoms with E-state index in [-0.39, 0.29) is 0 Å². The summed E-state index contributed by atoms with van der Waals surface area (Å²) in [5.41, 5.74) is 0. The number of rotatable bonds is 3. The Kier molecular flexibility index (Phi) is 2.82. The van der Waals surface area contributed by atoms with E-state index < -0.39 is 0 Å². The molecule has 0 N–H and O–H groups in total. The van der Waals surface area contributed by atoms with Crippen LogP contribution in [0.2, 0.25) is 0 Å². The average Bonchev–Trinajstić information content (AvgIpc) is 2.99. The van der Waals surface area contributed by atoms with Crippen LogP contribution < -0.4 is 0 Å². The molecule has 0 saturated carbocycles. The number of nitrogens with zero attached hydrogens (tertiary/aromatic N) is 2. The van der Waals surface area contributed by atoms with Gasteiger partial charge in [0.25, 0.3) is 0 Å². The van der Waals surface area contributed by atoms with Crippen LogP contribution in [0.4, 0.5) is 0 Å². The third-order valence-corrected chi connectivity index (χ3v) is 3.47. The number of aromatic nitrogens is 2. The van der Waals surface area contributed by atoms with Crippen LogP contribution in [0, 0.1) is 0 Å². The molecule has 3 rings (SSSR count). The van der Waals surface area contributed by atoms with Crippen molar-refractivity contribution >= 4 is 27.3 Å². The van der Waals surface area contributed by atoms with Gasteiger partial charge < -0.3 is 8.94 Å². The van der Waals surface area contributed by atoms with Gasteiger partial charge in [-0.2, -0.15) is 4.98 Å². The van der Waals surface area contributed by atoms with Crippen molar-refractivity contribution in [2.24, 2.45) is 0 Å². The summed E-state index contributed by atoms with van der Waals surface area (Å²) in [5.74, 6) is 1.66. The fourth-order valence-corrected chi connectivity index (χ4v) is 2.43. The number of thiophene rings is 1. The quantitative estimate of drug-likeness (QED) is 0.739. The first kappa shape index (κ1) is 10.7. The van der Waals surface area contributed by atoms with E-state index in [1.165, 1.54) is 4.88 Å². The minimum atomic E-state index is 0.474. The van der Waals surface area contributed by atoms with Crippen molar-refractivity contribution in [3.8, 4) is 11.6 Å². The number of hydrogen-bond donors (Lipinski definition) is 0. The molecule has 0 aliphatic rings. The van der Waals surface area contributed by atoms with Gasteiger partial charge in [0.2, 0.25) is 11.7 Å². The molecule has 3 aromatic rings. The maximum absolute atomic E-state index is 5.35. The van der Waals surface area contributed by atoms with E-state index in [2.05, 4.69) is 26.1 Å². The number of hydrogen-bond acceptors (Lipinski definition) is 5. The van der Waals surface area contributed by atoms with E-state index >= 15 is 0 Å². The molecule has 86 valence electrons. The minimum Gasteiger partial charge on any atom is -0.446 e. The lowest BCUT2D eigenvalue weighted by atomic mass is 10.3. The van der Waals surface area contributed by atoms with Gasteiger partial charge in [-0.15, -0.1) is 11.3 Å². The van der Waals surface area contributed by atoms with Crippen molar-refractivity contribution in [3.63, 3.8) is 0 Å². The van der Waals surface area contributed by atoms with E-state index in [0.717, 1.165) is 0 Å². The predicted octanol–water partition coefficient (Wildman–Crippen LogP) is 3.74. The molecule has 17 heavy (non-hydrogen) atoms. The fraction of sp³-hybridized carbons (Fsp3) is 0.0909. The molecule has 0 fully saturated rings. The molecule has 0 amide bonds. The zero-order valence-electron chi connectivity index (χ0n) is 8.59. The molecule has 0 saturated heterocycles. The van der Waals surface area contributed by atoms with E-state index in [1.54, 1.807) is 23.5 Å². The van der Waals surface area contributed by atoms with Gasteiger partial charge in [0.05, 0.1) is 6.42 Å². The Balaban J connectivity index is 1.83. The van der Waals surface area contributed by atoms with Crippen LogP contribution in [0.1, 0.15) is 10.8 Å². The van der Waals surface area contributed by atoms with Crippen LogP contribution in [0.25, 0.3) is 11.6 Å². The molecule has 0 spiro atoms. The van der Waals surface area contributed by atoms with Crippen LogP contribution in [0.15, 0.2) is 43.3 Å². The number of furan rings is 1. The summed E-state index contributed by atoms with van der Waals surface area (Å²) in [7, 11) is 0. The van der Waals surface area contributed by atoms with Gasteiger partial charge >= 0.3 is 0 Å². The first-order valence-corrected chi connectivity index (χ1v) is 6.59. The largest absolute Gasteiger partial charge is 0.446 e. The highest BCUT2D eigenvalue weighted by atomic mass is 79.9. The molecule has 0 unspecified atom stereocenters. The van der Waals surface area contributed by atoms with Crippen LogP contribution in [0.3, 0.4) is 0 Å². The Hall–Kier alpha value is -1.40. The van der Waals surface area contributed by atoms with Crippen LogP contribution in [-0.2, 0) is 6.42 Å². The van der Waals surface area contributed by atoms with E-state index in [9.17, 15) is 0 Å². The Bertz CT molecular complexity index is 615. The maximum atomic E-state index is 5.35. The third-order valence-electron chi connectivity index (χ3n) is 2.17. The molecule has 0 bridgehead atoms. The molecule has 3 aromatic heterocycles. The Morgan fingerprint density at radius 1 is 1.29 bits per heavy atom. The van der Waals surface area contributed by atoms with Crippen LogP contribution >= 0.6 is 27.3 Å². The summed E-state index contributed by atoms with van der Waals surface area (Å²) in [6.07, 6.45) is 0.659. The predicted molar refractivity (Wildman–Crippen MR) is 66.8 cm³/mol. The molecular formula is C11H7BrN2O2S. The summed E-state index contributed by atoms with van der Waals surface area (Å²) in [6, 6.07) is 7.63. The highest BCUT2D eigenvalue weighted by molar-refractivity contribution is 9.10. The van der Waals surface area contributed by atoms with Crippen molar-refractivity contribution in [1.82, 2.24) is 10.1 Å². The lowest BCUT2D eigenvalue weighted by Crippen LogP contribution is -1.84. The standard InChI is InChI=1S/C11H7BrN2O2S/c12-9-4-3-8(15-9)11-13-10(16-14-11)6-7-2-1-5-17-7/h1-5H,6H2. The molecule has 6 heteroatoms. The lowest BCUT2D eigenvalue weighted by Gasteiger charge is -1.87. The summed E-state index contributed by atoms with van der Waals surface area (Å²) < 4.78 is 11.2. The number of halogens is 1. The van der Waals surface area contributed by atoms with Crippen LogP contribution in [-0.4, -0.2) is 10.1 Å². The normalized spacial score (nSPS) is 10.9. The van der Waals surface area contributed by atoms with Gasteiger partial charge in [-0.1, -0.05) is 11.2 Å². The van der Waals surface area contributed by atoms with Crippen molar-refractivity contribution < 1.29 is 8.94 Å². The summed E-state index contributed by atoms with van der Waals surface area (Å²) in [4.78, 5) is 5.48. The second-order valence-electron chi connectivity index (χ2n) is 3.37. The fourth-order valence-electron chi connectivity index (χ4n) is 1.42. The average molecular weight is 311 g/mol. The summed E-state index contributed by atoms with van der Waals surface area (Å²) in [5, 5.41) is 5.91. The molecule has 4 nitrogen and oxygen atoms in total. The van der Waals surface area contributed by atoms with Crippen LogP contribution in [0.5, 0.6) is 0 Å². The van der Waals surface area contributed by atoms with Crippen molar-refractivity contribution in [1.29, 1.82) is 0 Å². The topological polar surface area (TPSA) is 52.1 Å². The van der Waals surface area contributed by atoms with Gasteiger partial charge in [-0.25, -0.2) is 0 Å². The van der Waals surface area contributed by atoms with Gasteiger partial charge in [-0.3, -0.25) is 0 Å². The molecular weight excluding hydrogens is 304 g/mol. The minimum absolute atomic E-state index is 0.474. The molecule has 0 aromatic carbocycles. The maximum Gasteiger partial charge on any atom is 0.238 e. The van der Waals surface area contributed by atoms with E-state index in [0.29, 0.717) is 28.6 Å². The first-order valence-electron chi connectivity index (χ1n) is 4.92. The summed E-state index contributed by atoms with van der Waals surface area (Å²) in [6.45, 7) is 0. The molecule has 0 radical (unpaired) electrons. The van der Waals surface area contributed by atoms with Gasteiger partial charge in [0, 0.05) is 4.88 Å².